The molecule has 6 heteroatoms. The highest BCUT2D eigenvalue weighted by atomic mass is 35.5. The molecule has 0 amide bonds. The van der Waals surface area contributed by atoms with E-state index in [1.54, 1.807) is 29.0 Å². The molecule has 0 unspecified atom stereocenters. The molecule has 3 rings (SSSR count). The Morgan fingerprint density at radius 3 is 2.64 bits per heavy atom. The minimum absolute atomic E-state index is 0.740. The van der Waals surface area contributed by atoms with E-state index in [0.717, 1.165) is 21.5 Å². The van der Waals surface area contributed by atoms with Crippen molar-refractivity contribution >= 4 is 29.6 Å². The zero-order valence-corrected chi connectivity index (χ0v) is 13.2. The second-order valence-electron chi connectivity index (χ2n) is 4.53. The molecule has 0 atom stereocenters. The molecule has 1 aromatic heterocycles. The SMILES string of the molecule is Clc1ccc(CSc2nncn2/N=C/c2ccccc2)cc1. The van der Waals surface area contributed by atoms with E-state index < -0.39 is 0 Å². The fourth-order valence-corrected chi connectivity index (χ4v) is 2.74. The third kappa shape index (κ3) is 3.96. The number of rotatable bonds is 5. The Morgan fingerprint density at radius 1 is 1.09 bits per heavy atom. The summed E-state index contributed by atoms with van der Waals surface area (Å²) in [6.45, 7) is 0. The van der Waals surface area contributed by atoms with Crippen LogP contribution in [0.5, 0.6) is 0 Å². The molecule has 0 saturated carbocycles. The van der Waals surface area contributed by atoms with E-state index in [9.17, 15) is 0 Å². The molecule has 0 aliphatic heterocycles. The molecule has 3 aromatic rings. The summed E-state index contributed by atoms with van der Waals surface area (Å²) in [6.07, 6.45) is 3.39. The van der Waals surface area contributed by atoms with Crippen LogP contribution in [-0.2, 0) is 5.75 Å². The van der Waals surface area contributed by atoms with E-state index in [1.807, 2.05) is 54.6 Å². The Hall–Kier alpha value is -2.11. The molecule has 0 bridgehead atoms. The van der Waals surface area contributed by atoms with E-state index in [4.69, 9.17) is 11.6 Å². The predicted octanol–water partition coefficient (Wildman–Crippen LogP) is 4.11. The van der Waals surface area contributed by atoms with Crippen LogP contribution >= 0.6 is 23.4 Å². The molecular formula is C16H13ClN4S. The normalized spacial score (nSPS) is 11.1. The van der Waals surface area contributed by atoms with Gasteiger partial charge in [-0.3, -0.25) is 0 Å². The van der Waals surface area contributed by atoms with Crippen LogP contribution in [0.1, 0.15) is 11.1 Å². The number of halogens is 1. The summed E-state index contributed by atoms with van der Waals surface area (Å²) in [4.78, 5) is 0. The molecule has 110 valence electrons. The average Bonchev–Trinajstić information content (AvgIpc) is 3.01. The van der Waals surface area contributed by atoms with Crippen molar-refractivity contribution in [2.45, 2.75) is 10.9 Å². The van der Waals surface area contributed by atoms with Crippen LogP contribution in [0, 0.1) is 0 Å². The highest BCUT2D eigenvalue weighted by Gasteiger charge is 2.04. The second kappa shape index (κ2) is 7.24. The molecule has 0 spiro atoms. The standard InChI is InChI=1S/C16H13ClN4S/c17-15-8-6-14(7-9-15)11-22-16-20-18-12-21(16)19-10-13-4-2-1-3-5-13/h1-10,12H,11H2/b19-10+. The van der Waals surface area contributed by atoms with Crippen molar-refractivity contribution in [3.63, 3.8) is 0 Å². The van der Waals surface area contributed by atoms with E-state index in [-0.39, 0.29) is 0 Å². The first kappa shape index (κ1) is 14.8. The van der Waals surface area contributed by atoms with Gasteiger partial charge in [0, 0.05) is 10.8 Å². The highest BCUT2D eigenvalue weighted by Crippen LogP contribution is 2.21. The number of benzene rings is 2. The van der Waals surface area contributed by atoms with Crippen molar-refractivity contribution in [1.82, 2.24) is 14.9 Å². The Morgan fingerprint density at radius 2 is 1.86 bits per heavy atom. The number of nitrogens with zero attached hydrogens (tertiary/aromatic N) is 4. The molecule has 22 heavy (non-hydrogen) atoms. The highest BCUT2D eigenvalue weighted by molar-refractivity contribution is 7.98. The van der Waals surface area contributed by atoms with Crippen molar-refractivity contribution in [2.75, 3.05) is 0 Å². The zero-order valence-electron chi connectivity index (χ0n) is 11.6. The first-order valence-corrected chi connectivity index (χ1v) is 8.04. The molecule has 0 saturated heterocycles. The summed E-state index contributed by atoms with van der Waals surface area (Å²) in [5.41, 5.74) is 2.21. The van der Waals surface area contributed by atoms with Gasteiger partial charge in [0.1, 0.15) is 6.33 Å². The van der Waals surface area contributed by atoms with E-state index >= 15 is 0 Å². The number of thioether (sulfide) groups is 1. The monoisotopic (exact) mass is 328 g/mol. The van der Waals surface area contributed by atoms with Crippen LogP contribution in [-0.4, -0.2) is 21.1 Å². The summed E-state index contributed by atoms with van der Waals surface area (Å²) in [6, 6.07) is 17.7. The first-order chi connectivity index (χ1) is 10.8. The van der Waals surface area contributed by atoms with Gasteiger partial charge in [-0.2, -0.15) is 9.78 Å². The lowest BCUT2D eigenvalue weighted by Gasteiger charge is -2.01. The maximum Gasteiger partial charge on any atom is 0.212 e. The van der Waals surface area contributed by atoms with Crippen LogP contribution in [0.15, 0.2) is 71.2 Å². The van der Waals surface area contributed by atoms with Crippen molar-refractivity contribution in [2.24, 2.45) is 5.10 Å². The van der Waals surface area contributed by atoms with E-state index in [2.05, 4.69) is 15.3 Å². The van der Waals surface area contributed by atoms with Crippen molar-refractivity contribution < 1.29 is 0 Å². The minimum Gasteiger partial charge on any atom is -0.195 e. The van der Waals surface area contributed by atoms with Gasteiger partial charge in [-0.05, 0) is 23.3 Å². The third-order valence-electron chi connectivity index (χ3n) is 2.91. The lowest BCUT2D eigenvalue weighted by atomic mass is 10.2. The van der Waals surface area contributed by atoms with Crippen LogP contribution in [0.3, 0.4) is 0 Å². The average molecular weight is 329 g/mol. The van der Waals surface area contributed by atoms with Crippen molar-refractivity contribution in [3.8, 4) is 0 Å². The third-order valence-corrected chi connectivity index (χ3v) is 4.17. The van der Waals surface area contributed by atoms with Gasteiger partial charge in [0.25, 0.3) is 0 Å². The smallest absolute Gasteiger partial charge is 0.195 e. The van der Waals surface area contributed by atoms with Crippen LogP contribution in [0.25, 0.3) is 0 Å². The Bertz CT molecular complexity index is 753. The molecule has 2 aromatic carbocycles. The van der Waals surface area contributed by atoms with Gasteiger partial charge in [-0.1, -0.05) is 65.8 Å². The molecule has 0 aliphatic carbocycles. The molecule has 0 radical (unpaired) electrons. The van der Waals surface area contributed by atoms with Crippen LogP contribution in [0.2, 0.25) is 5.02 Å². The Kier molecular flexibility index (Phi) is 4.88. The van der Waals surface area contributed by atoms with Crippen LogP contribution < -0.4 is 0 Å². The molecular weight excluding hydrogens is 316 g/mol. The maximum atomic E-state index is 5.88. The van der Waals surface area contributed by atoms with Crippen LogP contribution in [0.4, 0.5) is 0 Å². The Labute approximate surface area is 137 Å². The fourth-order valence-electron chi connectivity index (χ4n) is 1.79. The second-order valence-corrected chi connectivity index (χ2v) is 5.91. The number of aromatic nitrogens is 3. The summed E-state index contributed by atoms with van der Waals surface area (Å²) in [5.74, 6) is 0.788. The summed E-state index contributed by atoms with van der Waals surface area (Å²) >= 11 is 7.46. The summed E-state index contributed by atoms with van der Waals surface area (Å²) in [7, 11) is 0. The molecule has 1 heterocycles. The van der Waals surface area contributed by atoms with Gasteiger partial charge in [0.15, 0.2) is 0 Å². The topological polar surface area (TPSA) is 43.1 Å². The molecule has 0 fully saturated rings. The van der Waals surface area contributed by atoms with E-state index in [1.165, 1.54) is 5.56 Å². The van der Waals surface area contributed by atoms with Gasteiger partial charge >= 0.3 is 0 Å². The van der Waals surface area contributed by atoms with Gasteiger partial charge < -0.3 is 0 Å². The minimum atomic E-state index is 0.740. The van der Waals surface area contributed by atoms with Crippen molar-refractivity contribution in [1.29, 1.82) is 0 Å². The lowest BCUT2D eigenvalue weighted by Crippen LogP contribution is -1.92. The molecule has 4 nitrogen and oxygen atoms in total. The number of hydrogen-bond donors (Lipinski definition) is 0. The van der Waals surface area contributed by atoms with Crippen molar-refractivity contribution in [3.05, 3.63) is 77.1 Å². The summed E-state index contributed by atoms with van der Waals surface area (Å²) < 4.78 is 1.67. The van der Waals surface area contributed by atoms with E-state index in [0.29, 0.717) is 0 Å². The van der Waals surface area contributed by atoms with Gasteiger partial charge in [0.2, 0.25) is 5.16 Å². The number of hydrogen-bond acceptors (Lipinski definition) is 4. The molecule has 0 aliphatic rings. The van der Waals surface area contributed by atoms with Gasteiger partial charge in [0.05, 0.1) is 6.21 Å². The Balaban J connectivity index is 1.67. The first-order valence-electron chi connectivity index (χ1n) is 6.68. The maximum absolute atomic E-state index is 5.88. The molecule has 0 N–H and O–H groups in total. The zero-order chi connectivity index (χ0) is 15.2. The fraction of sp³-hybridized carbons (Fsp3) is 0.0625. The summed E-state index contributed by atoms with van der Waals surface area (Å²) in [5, 5.41) is 13.9. The largest absolute Gasteiger partial charge is 0.212 e. The van der Waals surface area contributed by atoms with Gasteiger partial charge in [-0.15, -0.1) is 10.2 Å². The van der Waals surface area contributed by atoms with Gasteiger partial charge in [-0.25, -0.2) is 0 Å². The lowest BCUT2D eigenvalue weighted by molar-refractivity contribution is 0.767. The predicted molar refractivity (Wildman–Crippen MR) is 90.5 cm³/mol. The quantitative estimate of drug-likeness (QED) is 0.523.